The van der Waals surface area contributed by atoms with Gasteiger partial charge >= 0.3 is 0 Å². The Morgan fingerprint density at radius 3 is 2.42 bits per heavy atom. The van der Waals surface area contributed by atoms with Crippen LogP contribution in [0.2, 0.25) is 0 Å². The second-order valence-corrected chi connectivity index (χ2v) is 7.74. The number of nitrogens with one attached hydrogen (secondary N) is 1. The lowest BCUT2D eigenvalue weighted by atomic mass is 10.1. The highest BCUT2D eigenvalue weighted by Gasteiger charge is 2.48. The Morgan fingerprint density at radius 1 is 1.37 bits per heavy atom. The number of hydrogen-bond acceptors (Lipinski definition) is 3. The summed E-state index contributed by atoms with van der Waals surface area (Å²) in [7, 11) is -3.51. The zero-order valence-electron chi connectivity index (χ0n) is 11.8. The number of benzene rings is 1. The molecule has 1 aliphatic rings. The minimum atomic E-state index is -3.51. The highest BCUT2D eigenvalue weighted by molar-refractivity contribution is 7.89. The molecule has 0 amide bonds. The Labute approximate surface area is 114 Å². The van der Waals surface area contributed by atoms with Crippen LogP contribution in [0.4, 0.5) is 0 Å². The molecular weight excluding hydrogens is 262 g/mol. The number of hydrogen-bond donors (Lipinski definition) is 2. The van der Waals surface area contributed by atoms with E-state index in [2.05, 4.69) is 4.72 Å². The third-order valence-corrected chi connectivity index (χ3v) is 5.56. The van der Waals surface area contributed by atoms with Gasteiger partial charge in [-0.15, -0.1) is 0 Å². The second kappa shape index (κ2) is 4.58. The minimum absolute atomic E-state index is 0.00925. The summed E-state index contributed by atoms with van der Waals surface area (Å²) in [6, 6.07) is 3.38. The molecule has 4 nitrogen and oxygen atoms in total. The lowest BCUT2D eigenvalue weighted by Crippen LogP contribution is -2.29. The molecular formula is C14H21NO3S. The summed E-state index contributed by atoms with van der Waals surface area (Å²) < 4.78 is 27.6. The monoisotopic (exact) mass is 283 g/mol. The summed E-state index contributed by atoms with van der Waals surface area (Å²) in [5, 5.41) is 9.21. The molecule has 1 unspecified atom stereocenters. The number of aryl methyl sites for hydroxylation is 1. The molecule has 2 N–H and O–H groups in total. The van der Waals surface area contributed by atoms with E-state index < -0.39 is 10.0 Å². The molecule has 19 heavy (non-hydrogen) atoms. The van der Waals surface area contributed by atoms with Crippen molar-refractivity contribution in [2.75, 3.05) is 0 Å². The Hall–Kier alpha value is -0.910. The Kier molecular flexibility index (Phi) is 3.49. The maximum absolute atomic E-state index is 12.4. The van der Waals surface area contributed by atoms with Gasteiger partial charge in [0, 0.05) is 6.04 Å². The van der Waals surface area contributed by atoms with Crippen LogP contribution in [0.3, 0.4) is 0 Å². The van der Waals surface area contributed by atoms with Gasteiger partial charge in [0.2, 0.25) is 10.0 Å². The maximum atomic E-state index is 12.4. The SMILES string of the molecule is Cc1cc(CO)cc(S(=O)(=O)NC2CC2(C)C)c1C. The summed E-state index contributed by atoms with van der Waals surface area (Å²) in [6.45, 7) is 7.58. The van der Waals surface area contributed by atoms with Crippen LogP contribution < -0.4 is 4.72 Å². The van der Waals surface area contributed by atoms with Crippen LogP contribution in [-0.4, -0.2) is 19.6 Å². The van der Waals surface area contributed by atoms with Gasteiger partial charge in [-0.25, -0.2) is 13.1 Å². The summed E-state index contributed by atoms with van der Waals surface area (Å²) in [5.41, 5.74) is 2.29. The van der Waals surface area contributed by atoms with Crippen molar-refractivity contribution in [2.45, 2.75) is 51.7 Å². The summed E-state index contributed by atoms with van der Waals surface area (Å²) >= 11 is 0. The molecule has 0 spiro atoms. The van der Waals surface area contributed by atoms with Gasteiger partial charge in [-0.3, -0.25) is 0 Å². The molecule has 0 bridgehead atoms. The van der Waals surface area contributed by atoms with E-state index in [-0.39, 0.29) is 23.0 Å². The predicted octanol–water partition coefficient (Wildman–Crippen LogP) is 1.87. The Morgan fingerprint density at radius 2 is 1.95 bits per heavy atom. The zero-order valence-corrected chi connectivity index (χ0v) is 12.6. The molecule has 0 aliphatic heterocycles. The first-order valence-electron chi connectivity index (χ1n) is 6.41. The number of aliphatic hydroxyl groups excluding tert-OH is 1. The topological polar surface area (TPSA) is 66.4 Å². The second-order valence-electron chi connectivity index (χ2n) is 6.06. The van der Waals surface area contributed by atoms with Crippen molar-refractivity contribution in [2.24, 2.45) is 5.41 Å². The standard InChI is InChI=1S/C14H21NO3S/c1-9-5-11(8-16)6-12(10(9)2)19(17,18)15-13-7-14(13,3)4/h5-6,13,15-16H,7-8H2,1-4H3. The van der Waals surface area contributed by atoms with Crippen LogP contribution in [0.5, 0.6) is 0 Å². The normalized spacial score (nSPS) is 21.4. The van der Waals surface area contributed by atoms with E-state index >= 15 is 0 Å². The first-order valence-corrected chi connectivity index (χ1v) is 7.89. The Balaban J connectivity index is 2.37. The average molecular weight is 283 g/mol. The molecule has 1 aromatic rings. The maximum Gasteiger partial charge on any atom is 0.241 e. The van der Waals surface area contributed by atoms with Crippen molar-refractivity contribution < 1.29 is 13.5 Å². The molecule has 1 atom stereocenters. The molecule has 2 rings (SSSR count). The van der Waals surface area contributed by atoms with E-state index in [1.165, 1.54) is 0 Å². The van der Waals surface area contributed by atoms with Crippen molar-refractivity contribution in [3.8, 4) is 0 Å². The van der Waals surface area contributed by atoms with Gasteiger partial charge in [0.05, 0.1) is 11.5 Å². The molecule has 0 heterocycles. The molecule has 1 aromatic carbocycles. The fraction of sp³-hybridized carbons (Fsp3) is 0.571. The molecule has 5 heteroatoms. The lowest BCUT2D eigenvalue weighted by molar-refractivity contribution is 0.281. The van der Waals surface area contributed by atoms with Crippen molar-refractivity contribution in [3.63, 3.8) is 0 Å². The molecule has 106 valence electrons. The third-order valence-electron chi connectivity index (χ3n) is 3.96. The minimum Gasteiger partial charge on any atom is -0.392 e. The first-order chi connectivity index (χ1) is 8.67. The van der Waals surface area contributed by atoms with Crippen molar-refractivity contribution >= 4 is 10.0 Å². The van der Waals surface area contributed by atoms with Crippen LogP contribution in [0.1, 0.15) is 37.0 Å². The summed E-state index contributed by atoms with van der Waals surface area (Å²) in [4.78, 5) is 0.277. The van der Waals surface area contributed by atoms with Crippen LogP contribution in [-0.2, 0) is 16.6 Å². The van der Waals surface area contributed by atoms with Gasteiger partial charge in [0.15, 0.2) is 0 Å². The van der Waals surface area contributed by atoms with Gasteiger partial charge in [-0.1, -0.05) is 19.9 Å². The van der Waals surface area contributed by atoms with Crippen LogP contribution >= 0.6 is 0 Å². The lowest BCUT2D eigenvalue weighted by Gasteiger charge is -2.13. The molecule has 0 radical (unpaired) electrons. The van der Waals surface area contributed by atoms with Crippen LogP contribution in [0, 0.1) is 19.3 Å². The summed E-state index contributed by atoms with van der Waals surface area (Å²) in [5.74, 6) is 0. The first kappa shape index (κ1) is 14.5. The van der Waals surface area contributed by atoms with Crippen molar-refractivity contribution in [1.82, 2.24) is 4.72 Å². The number of aliphatic hydroxyl groups is 1. The van der Waals surface area contributed by atoms with E-state index in [0.29, 0.717) is 5.56 Å². The average Bonchev–Trinajstić information content (AvgIpc) is 2.88. The number of sulfonamides is 1. The Bertz CT molecular complexity index is 605. The largest absolute Gasteiger partial charge is 0.392 e. The van der Waals surface area contributed by atoms with E-state index in [0.717, 1.165) is 17.5 Å². The van der Waals surface area contributed by atoms with Crippen LogP contribution in [0.25, 0.3) is 0 Å². The summed E-state index contributed by atoms with van der Waals surface area (Å²) in [6.07, 6.45) is 0.865. The highest BCUT2D eigenvalue weighted by Crippen LogP contribution is 2.45. The van der Waals surface area contributed by atoms with Crippen LogP contribution in [0.15, 0.2) is 17.0 Å². The predicted molar refractivity (Wildman–Crippen MR) is 74.3 cm³/mol. The van der Waals surface area contributed by atoms with E-state index in [4.69, 9.17) is 0 Å². The molecule has 0 aromatic heterocycles. The van der Waals surface area contributed by atoms with E-state index in [1.807, 2.05) is 26.8 Å². The number of rotatable bonds is 4. The van der Waals surface area contributed by atoms with Crippen molar-refractivity contribution in [1.29, 1.82) is 0 Å². The van der Waals surface area contributed by atoms with Crippen molar-refractivity contribution in [3.05, 3.63) is 28.8 Å². The third kappa shape index (κ3) is 2.83. The fourth-order valence-electron chi connectivity index (χ4n) is 2.19. The smallest absolute Gasteiger partial charge is 0.241 e. The zero-order chi connectivity index (χ0) is 14.4. The van der Waals surface area contributed by atoms with Gasteiger partial charge in [-0.05, 0) is 48.4 Å². The molecule has 1 saturated carbocycles. The molecule has 1 aliphatic carbocycles. The fourth-order valence-corrected chi connectivity index (χ4v) is 3.96. The quantitative estimate of drug-likeness (QED) is 0.886. The van der Waals surface area contributed by atoms with E-state index in [9.17, 15) is 13.5 Å². The van der Waals surface area contributed by atoms with Gasteiger partial charge < -0.3 is 5.11 Å². The molecule has 1 fully saturated rings. The molecule has 0 saturated heterocycles. The highest BCUT2D eigenvalue weighted by atomic mass is 32.2. The van der Waals surface area contributed by atoms with Gasteiger partial charge in [0.25, 0.3) is 0 Å². The van der Waals surface area contributed by atoms with Gasteiger partial charge in [-0.2, -0.15) is 0 Å². The van der Waals surface area contributed by atoms with E-state index in [1.54, 1.807) is 13.0 Å². The van der Waals surface area contributed by atoms with Gasteiger partial charge in [0.1, 0.15) is 0 Å².